The van der Waals surface area contributed by atoms with Gasteiger partial charge in [0.05, 0.1) is 6.10 Å². The van der Waals surface area contributed by atoms with Crippen LogP contribution in [0.2, 0.25) is 0 Å². The Morgan fingerprint density at radius 1 is 1.09 bits per heavy atom. The number of aliphatic hydroxyl groups excluding tert-OH is 1. The summed E-state index contributed by atoms with van der Waals surface area (Å²) >= 11 is 0. The van der Waals surface area contributed by atoms with E-state index in [2.05, 4.69) is 19.1 Å². The van der Waals surface area contributed by atoms with E-state index in [1.807, 2.05) is 0 Å². The molecule has 1 fully saturated rings. The van der Waals surface area contributed by atoms with Gasteiger partial charge in [-0.2, -0.15) is 0 Å². The van der Waals surface area contributed by atoms with Gasteiger partial charge < -0.3 is 10.2 Å². The fraction of sp³-hybridized carbons (Fsp3) is 0.850. The summed E-state index contributed by atoms with van der Waals surface area (Å²) in [5.74, 6) is 0.653. The van der Waals surface area contributed by atoms with Gasteiger partial charge >= 0.3 is 5.97 Å². The molecule has 0 amide bonds. The number of allylic oxidation sites excluding steroid dienone is 2. The van der Waals surface area contributed by atoms with E-state index in [0.29, 0.717) is 12.3 Å². The van der Waals surface area contributed by atoms with Gasteiger partial charge in [-0.3, -0.25) is 4.79 Å². The molecule has 0 aromatic rings. The number of aliphatic carboxylic acids is 1. The standard InChI is InChI=1S/C20H36O3/c1-2-3-10-14-19(21)18-16-17(18)13-11-8-6-4-5-7-9-12-15-20(22)23/h6,8,17-19,21H,2-5,7,9-16H2,1H3,(H,22,23)/b8-6+. The number of aliphatic hydroxyl groups is 1. The third kappa shape index (κ3) is 10.5. The number of hydrogen-bond donors (Lipinski definition) is 2. The summed E-state index contributed by atoms with van der Waals surface area (Å²) in [4.78, 5) is 10.4. The topological polar surface area (TPSA) is 57.5 Å². The fourth-order valence-electron chi connectivity index (χ4n) is 3.33. The fourth-order valence-corrected chi connectivity index (χ4v) is 3.33. The zero-order chi connectivity index (χ0) is 16.9. The van der Waals surface area contributed by atoms with Crippen LogP contribution in [0.25, 0.3) is 0 Å². The number of carboxylic acid groups (broad SMARTS) is 1. The molecule has 1 saturated carbocycles. The van der Waals surface area contributed by atoms with E-state index in [-0.39, 0.29) is 6.10 Å². The summed E-state index contributed by atoms with van der Waals surface area (Å²) in [7, 11) is 0. The third-order valence-electron chi connectivity index (χ3n) is 4.96. The zero-order valence-corrected chi connectivity index (χ0v) is 14.9. The minimum absolute atomic E-state index is 0.0543. The highest BCUT2D eigenvalue weighted by Gasteiger charge is 2.40. The van der Waals surface area contributed by atoms with Gasteiger partial charge in [-0.15, -0.1) is 0 Å². The van der Waals surface area contributed by atoms with Crippen LogP contribution in [0.1, 0.15) is 90.4 Å². The van der Waals surface area contributed by atoms with Crippen molar-refractivity contribution in [3.05, 3.63) is 12.2 Å². The molecule has 134 valence electrons. The molecule has 0 saturated heterocycles. The Morgan fingerprint density at radius 3 is 2.57 bits per heavy atom. The highest BCUT2D eigenvalue weighted by atomic mass is 16.4. The summed E-state index contributed by atoms with van der Waals surface area (Å²) in [6, 6.07) is 0. The van der Waals surface area contributed by atoms with Crippen molar-refractivity contribution in [3.63, 3.8) is 0 Å². The molecule has 0 heterocycles. The van der Waals surface area contributed by atoms with Crippen molar-refractivity contribution in [2.45, 2.75) is 96.5 Å². The van der Waals surface area contributed by atoms with Crippen LogP contribution in [-0.4, -0.2) is 22.3 Å². The quantitative estimate of drug-likeness (QED) is 0.316. The van der Waals surface area contributed by atoms with Gasteiger partial charge in [0.25, 0.3) is 0 Å². The smallest absolute Gasteiger partial charge is 0.303 e. The normalized spacial score (nSPS) is 21.7. The number of carbonyl (C=O) groups is 1. The first-order valence-electron chi connectivity index (χ1n) is 9.70. The van der Waals surface area contributed by atoms with Crippen molar-refractivity contribution in [2.75, 3.05) is 0 Å². The van der Waals surface area contributed by atoms with E-state index in [4.69, 9.17) is 5.11 Å². The summed E-state index contributed by atoms with van der Waals surface area (Å²) in [5, 5.41) is 18.7. The Morgan fingerprint density at radius 2 is 1.83 bits per heavy atom. The Balaban J connectivity index is 1.88. The lowest BCUT2D eigenvalue weighted by Crippen LogP contribution is -2.10. The van der Waals surface area contributed by atoms with Crippen LogP contribution >= 0.6 is 0 Å². The lowest BCUT2D eigenvalue weighted by Gasteiger charge is -2.09. The van der Waals surface area contributed by atoms with Crippen molar-refractivity contribution in [3.8, 4) is 0 Å². The minimum atomic E-state index is -0.682. The first-order valence-corrected chi connectivity index (χ1v) is 9.70. The zero-order valence-electron chi connectivity index (χ0n) is 14.9. The number of unbranched alkanes of at least 4 members (excludes halogenated alkanes) is 6. The maximum Gasteiger partial charge on any atom is 0.303 e. The van der Waals surface area contributed by atoms with Crippen LogP contribution in [0.3, 0.4) is 0 Å². The van der Waals surface area contributed by atoms with Gasteiger partial charge in [0, 0.05) is 6.42 Å². The first kappa shape index (κ1) is 20.2. The van der Waals surface area contributed by atoms with E-state index >= 15 is 0 Å². The Hall–Kier alpha value is -0.830. The van der Waals surface area contributed by atoms with Crippen molar-refractivity contribution < 1.29 is 15.0 Å². The second-order valence-electron chi connectivity index (χ2n) is 7.12. The molecule has 3 nitrogen and oxygen atoms in total. The average Bonchev–Trinajstić information content (AvgIpc) is 3.28. The highest BCUT2D eigenvalue weighted by molar-refractivity contribution is 5.66. The van der Waals surface area contributed by atoms with Gasteiger partial charge in [0.15, 0.2) is 0 Å². The monoisotopic (exact) mass is 324 g/mol. The van der Waals surface area contributed by atoms with Gasteiger partial charge in [-0.05, 0) is 56.8 Å². The molecule has 0 spiro atoms. The molecule has 1 rings (SSSR count). The van der Waals surface area contributed by atoms with Crippen LogP contribution in [-0.2, 0) is 4.79 Å². The number of rotatable bonds is 15. The van der Waals surface area contributed by atoms with E-state index in [1.165, 1.54) is 32.1 Å². The van der Waals surface area contributed by atoms with Crippen LogP contribution < -0.4 is 0 Å². The molecule has 3 heteroatoms. The summed E-state index contributed by atoms with van der Waals surface area (Å²) in [5.41, 5.74) is 0. The van der Waals surface area contributed by atoms with Crippen LogP contribution in [0.15, 0.2) is 12.2 Å². The lowest BCUT2D eigenvalue weighted by molar-refractivity contribution is -0.137. The Bertz CT molecular complexity index is 338. The summed E-state index contributed by atoms with van der Waals surface area (Å²) in [6.07, 6.45) is 18.3. The van der Waals surface area contributed by atoms with E-state index in [9.17, 15) is 9.90 Å². The maximum absolute atomic E-state index is 10.4. The van der Waals surface area contributed by atoms with Gasteiger partial charge in [0.1, 0.15) is 0 Å². The van der Waals surface area contributed by atoms with Crippen LogP contribution in [0, 0.1) is 11.8 Å². The molecule has 0 aromatic carbocycles. The molecule has 0 radical (unpaired) electrons. The molecule has 0 bridgehead atoms. The predicted molar refractivity (Wildman–Crippen MR) is 95.5 cm³/mol. The van der Waals surface area contributed by atoms with Crippen molar-refractivity contribution in [1.82, 2.24) is 0 Å². The predicted octanol–water partition coefficient (Wildman–Crippen LogP) is 5.33. The van der Waals surface area contributed by atoms with Gasteiger partial charge in [-0.1, -0.05) is 51.2 Å². The molecule has 1 aliphatic carbocycles. The molecule has 2 N–H and O–H groups in total. The molecule has 0 aromatic heterocycles. The molecule has 0 aliphatic heterocycles. The SMILES string of the molecule is CCCCCC(O)C1CC1CC/C=C/CCCCCCC(=O)O. The number of hydrogen-bond acceptors (Lipinski definition) is 2. The van der Waals surface area contributed by atoms with E-state index in [0.717, 1.165) is 50.9 Å². The second-order valence-corrected chi connectivity index (χ2v) is 7.12. The average molecular weight is 325 g/mol. The largest absolute Gasteiger partial charge is 0.481 e. The van der Waals surface area contributed by atoms with Crippen molar-refractivity contribution in [1.29, 1.82) is 0 Å². The lowest BCUT2D eigenvalue weighted by atomic mass is 10.0. The van der Waals surface area contributed by atoms with Gasteiger partial charge in [-0.25, -0.2) is 0 Å². The third-order valence-corrected chi connectivity index (χ3v) is 4.96. The molecule has 1 aliphatic rings. The van der Waals surface area contributed by atoms with Gasteiger partial charge in [0.2, 0.25) is 0 Å². The molecule has 3 unspecified atom stereocenters. The second kappa shape index (κ2) is 12.6. The summed E-state index contributed by atoms with van der Waals surface area (Å²) in [6.45, 7) is 2.20. The van der Waals surface area contributed by atoms with Crippen molar-refractivity contribution in [2.24, 2.45) is 11.8 Å². The first-order chi connectivity index (χ1) is 11.1. The number of carboxylic acids is 1. The highest BCUT2D eigenvalue weighted by Crippen LogP contribution is 2.45. The maximum atomic E-state index is 10.4. The molecular formula is C20H36O3. The summed E-state index contributed by atoms with van der Waals surface area (Å²) < 4.78 is 0. The minimum Gasteiger partial charge on any atom is -0.481 e. The van der Waals surface area contributed by atoms with Crippen LogP contribution in [0.5, 0.6) is 0 Å². The Labute approximate surface area is 142 Å². The Kier molecular flexibility index (Phi) is 11.1. The van der Waals surface area contributed by atoms with Crippen LogP contribution in [0.4, 0.5) is 0 Å². The molecular weight excluding hydrogens is 288 g/mol. The van der Waals surface area contributed by atoms with E-state index < -0.39 is 5.97 Å². The van der Waals surface area contributed by atoms with E-state index in [1.54, 1.807) is 0 Å². The van der Waals surface area contributed by atoms with Crippen molar-refractivity contribution >= 4 is 5.97 Å². The molecule has 3 atom stereocenters. The molecule has 23 heavy (non-hydrogen) atoms.